The third kappa shape index (κ3) is 1.70. The van der Waals surface area contributed by atoms with E-state index in [0.717, 1.165) is 0 Å². The van der Waals surface area contributed by atoms with Gasteiger partial charge in [0, 0.05) is 5.56 Å². The van der Waals surface area contributed by atoms with Crippen molar-refractivity contribution >= 4 is 6.08 Å². The molecule has 0 bridgehead atoms. The molecule has 0 unspecified atom stereocenters. The van der Waals surface area contributed by atoms with E-state index in [0.29, 0.717) is 11.1 Å². The first-order chi connectivity index (χ1) is 5.77. The Morgan fingerprint density at radius 2 is 2.25 bits per heavy atom. The quantitative estimate of drug-likeness (QED) is 0.621. The van der Waals surface area contributed by atoms with Gasteiger partial charge in [-0.1, -0.05) is 12.2 Å². The summed E-state index contributed by atoms with van der Waals surface area (Å²) in [5.41, 5.74) is 0.932. The van der Waals surface area contributed by atoms with Crippen molar-refractivity contribution in [3.05, 3.63) is 41.2 Å². The van der Waals surface area contributed by atoms with Crippen molar-refractivity contribution in [1.29, 1.82) is 5.26 Å². The Morgan fingerprint density at radius 3 is 2.83 bits per heavy atom. The first-order valence-electron chi connectivity index (χ1n) is 3.60. The van der Waals surface area contributed by atoms with Gasteiger partial charge in [-0.05, 0) is 25.1 Å². The fourth-order valence-corrected chi connectivity index (χ4v) is 0.921. The fourth-order valence-electron chi connectivity index (χ4n) is 0.921. The Labute approximate surface area is 70.8 Å². The third-order valence-corrected chi connectivity index (χ3v) is 1.47. The standard InChI is InChI=1S/C10H8FN/c1-2-3-9-6-8(7-12)4-5-10(9)11/h2-6H,1H3/b3-2+. The molecular weight excluding hydrogens is 153 g/mol. The van der Waals surface area contributed by atoms with Crippen molar-refractivity contribution < 1.29 is 4.39 Å². The van der Waals surface area contributed by atoms with Crippen LogP contribution in [0.3, 0.4) is 0 Å². The van der Waals surface area contributed by atoms with Crippen molar-refractivity contribution in [1.82, 2.24) is 0 Å². The smallest absolute Gasteiger partial charge is 0.130 e. The van der Waals surface area contributed by atoms with Gasteiger partial charge in [-0.3, -0.25) is 0 Å². The lowest BCUT2D eigenvalue weighted by molar-refractivity contribution is 0.625. The normalized spacial score (nSPS) is 10.1. The molecule has 0 saturated heterocycles. The zero-order chi connectivity index (χ0) is 8.97. The van der Waals surface area contributed by atoms with E-state index in [1.807, 2.05) is 6.07 Å². The number of nitriles is 1. The van der Waals surface area contributed by atoms with Gasteiger partial charge in [0.25, 0.3) is 0 Å². The number of benzene rings is 1. The molecule has 0 aromatic heterocycles. The number of rotatable bonds is 1. The molecule has 12 heavy (non-hydrogen) atoms. The Morgan fingerprint density at radius 1 is 1.50 bits per heavy atom. The fraction of sp³-hybridized carbons (Fsp3) is 0.100. The van der Waals surface area contributed by atoms with Crippen LogP contribution >= 0.6 is 0 Å². The van der Waals surface area contributed by atoms with E-state index in [1.165, 1.54) is 18.2 Å². The molecule has 0 aliphatic heterocycles. The topological polar surface area (TPSA) is 23.8 Å². The van der Waals surface area contributed by atoms with Gasteiger partial charge >= 0.3 is 0 Å². The minimum Gasteiger partial charge on any atom is -0.206 e. The van der Waals surface area contributed by atoms with Crippen LogP contribution in [0.5, 0.6) is 0 Å². The van der Waals surface area contributed by atoms with Gasteiger partial charge in [0.15, 0.2) is 0 Å². The predicted molar refractivity (Wildman–Crippen MR) is 45.8 cm³/mol. The van der Waals surface area contributed by atoms with Crippen LogP contribution in [-0.4, -0.2) is 0 Å². The van der Waals surface area contributed by atoms with Crippen LogP contribution in [0.15, 0.2) is 24.3 Å². The molecule has 1 nitrogen and oxygen atoms in total. The molecule has 1 aromatic rings. The van der Waals surface area contributed by atoms with Crippen LogP contribution in [-0.2, 0) is 0 Å². The van der Waals surface area contributed by atoms with Crippen LogP contribution in [0, 0.1) is 17.1 Å². The summed E-state index contributed by atoms with van der Waals surface area (Å²) in [4.78, 5) is 0. The summed E-state index contributed by atoms with van der Waals surface area (Å²) in [7, 11) is 0. The Balaban J connectivity index is 3.19. The van der Waals surface area contributed by atoms with Gasteiger partial charge in [0.2, 0.25) is 0 Å². The number of nitrogens with zero attached hydrogens (tertiary/aromatic N) is 1. The molecule has 1 rings (SSSR count). The van der Waals surface area contributed by atoms with Crippen molar-refractivity contribution in [3.63, 3.8) is 0 Å². The van der Waals surface area contributed by atoms with Gasteiger partial charge in [0.1, 0.15) is 5.82 Å². The third-order valence-electron chi connectivity index (χ3n) is 1.47. The maximum Gasteiger partial charge on any atom is 0.130 e. The van der Waals surface area contributed by atoms with Gasteiger partial charge in [-0.2, -0.15) is 5.26 Å². The van der Waals surface area contributed by atoms with Crippen molar-refractivity contribution in [2.24, 2.45) is 0 Å². The molecule has 0 saturated carbocycles. The minimum atomic E-state index is -0.299. The molecule has 0 heterocycles. The molecule has 60 valence electrons. The highest BCUT2D eigenvalue weighted by atomic mass is 19.1. The van der Waals surface area contributed by atoms with Crippen LogP contribution in [0.25, 0.3) is 6.08 Å². The van der Waals surface area contributed by atoms with E-state index in [9.17, 15) is 4.39 Å². The van der Waals surface area contributed by atoms with E-state index in [1.54, 1.807) is 19.1 Å². The molecule has 0 radical (unpaired) electrons. The molecule has 0 spiro atoms. The minimum absolute atomic E-state index is 0.299. The largest absolute Gasteiger partial charge is 0.206 e. The Kier molecular flexibility index (Phi) is 2.60. The first-order valence-corrected chi connectivity index (χ1v) is 3.60. The van der Waals surface area contributed by atoms with Crippen LogP contribution in [0.4, 0.5) is 4.39 Å². The van der Waals surface area contributed by atoms with Gasteiger partial charge in [-0.25, -0.2) is 4.39 Å². The maximum absolute atomic E-state index is 12.9. The maximum atomic E-state index is 12.9. The molecule has 2 heteroatoms. The van der Waals surface area contributed by atoms with Gasteiger partial charge < -0.3 is 0 Å². The summed E-state index contributed by atoms with van der Waals surface area (Å²) in [5, 5.41) is 8.52. The summed E-state index contributed by atoms with van der Waals surface area (Å²) < 4.78 is 12.9. The molecule has 0 atom stereocenters. The second kappa shape index (κ2) is 3.68. The van der Waals surface area contributed by atoms with E-state index >= 15 is 0 Å². The second-order valence-corrected chi connectivity index (χ2v) is 2.35. The number of halogens is 1. The molecule has 0 fully saturated rings. The van der Waals surface area contributed by atoms with Crippen molar-refractivity contribution in [2.75, 3.05) is 0 Å². The zero-order valence-corrected chi connectivity index (χ0v) is 6.71. The lowest BCUT2D eigenvalue weighted by Gasteiger charge is -1.95. The molecular formula is C10H8FN. The SMILES string of the molecule is C/C=C/c1cc(C#N)ccc1F. The lowest BCUT2D eigenvalue weighted by Crippen LogP contribution is -1.83. The summed E-state index contributed by atoms with van der Waals surface area (Å²) in [6.45, 7) is 1.80. The highest BCUT2D eigenvalue weighted by Gasteiger charge is 1.98. The lowest BCUT2D eigenvalue weighted by atomic mass is 10.1. The second-order valence-electron chi connectivity index (χ2n) is 2.35. The van der Waals surface area contributed by atoms with Crippen LogP contribution in [0.1, 0.15) is 18.1 Å². The summed E-state index contributed by atoms with van der Waals surface area (Å²) in [6.07, 6.45) is 3.37. The summed E-state index contributed by atoms with van der Waals surface area (Å²) >= 11 is 0. The number of hydrogen-bond donors (Lipinski definition) is 0. The average Bonchev–Trinajstić information content (AvgIpc) is 2.09. The van der Waals surface area contributed by atoms with E-state index in [-0.39, 0.29) is 5.82 Å². The van der Waals surface area contributed by atoms with E-state index < -0.39 is 0 Å². The van der Waals surface area contributed by atoms with Crippen LogP contribution in [0.2, 0.25) is 0 Å². The van der Waals surface area contributed by atoms with Crippen molar-refractivity contribution in [2.45, 2.75) is 6.92 Å². The molecule has 0 aliphatic carbocycles. The zero-order valence-electron chi connectivity index (χ0n) is 6.71. The highest BCUT2D eigenvalue weighted by Crippen LogP contribution is 2.11. The van der Waals surface area contributed by atoms with E-state index in [4.69, 9.17) is 5.26 Å². The highest BCUT2D eigenvalue weighted by molar-refractivity contribution is 5.52. The first kappa shape index (κ1) is 8.48. The molecule has 1 aromatic carbocycles. The molecule has 0 N–H and O–H groups in total. The van der Waals surface area contributed by atoms with Crippen LogP contribution < -0.4 is 0 Å². The van der Waals surface area contributed by atoms with Crippen molar-refractivity contribution in [3.8, 4) is 6.07 Å². The summed E-state index contributed by atoms with van der Waals surface area (Å²) in [5.74, 6) is -0.299. The Bertz CT molecular complexity index is 347. The molecule has 0 aliphatic rings. The number of allylic oxidation sites excluding steroid dienone is 1. The number of hydrogen-bond acceptors (Lipinski definition) is 1. The Hall–Kier alpha value is -1.62. The van der Waals surface area contributed by atoms with E-state index in [2.05, 4.69) is 0 Å². The predicted octanol–water partition coefficient (Wildman–Crippen LogP) is 2.73. The average molecular weight is 161 g/mol. The summed E-state index contributed by atoms with van der Waals surface area (Å²) in [6, 6.07) is 6.24. The molecule has 0 amide bonds. The monoisotopic (exact) mass is 161 g/mol. The van der Waals surface area contributed by atoms with Gasteiger partial charge in [-0.15, -0.1) is 0 Å². The van der Waals surface area contributed by atoms with Gasteiger partial charge in [0.05, 0.1) is 11.6 Å².